The summed E-state index contributed by atoms with van der Waals surface area (Å²) in [5, 5.41) is 5.05. The number of amides is 1. The lowest BCUT2D eigenvalue weighted by atomic mass is 10.1. The molecule has 1 unspecified atom stereocenters. The highest BCUT2D eigenvalue weighted by atomic mass is 32.2. The number of nitrogens with zero attached hydrogens (tertiary/aromatic N) is 6. The normalized spacial score (nSPS) is 16.4. The lowest BCUT2D eigenvalue weighted by Gasteiger charge is -2.33. The summed E-state index contributed by atoms with van der Waals surface area (Å²) in [6, 6.07) is 9.98. The van der Waals surface area contributed by atoms with Crippen LogP contribution in [0.15, 0.2) is 60.0 Å². The molecule has 1 amide bonds. The van der Waals surface area contributed by atoms with Crippen molar-refractivity contribution in [3.8, 4) is 11.6 Å². The van der Waals surface area contributed by atoms with Crippen LogP contribution in [0.2, 0.25) is 0 Å². The maximum Gasteiger partial charge on any atom is 0.255 e. The van der Waals surface area contributed by atoms with Crippen molar-refractivity contribution in [3.63, 3.8) is 0 Å². The zero-order valence-electron chi connectivity index (χ0n) is 19.3. The number of carbonyl (C=O) groups excluding carboxylic acids is 1. The number of sulfone groups is 1. The van der Waals surface area contributed by atoms with E-state index in [1.165, 1.54) is 24.7 Å². The van der Waals surface area contributed by atoms with Crippen LogP contribution in [0.3, 0.4) is 0 Å². The molecule has 1 fully saturated rings. The van der Waals surface area contributed by atoms with Gasteiger partial charge in [-0.05, 0) is 56.2 Å². The summed E-state index contributed by atoms with van der Waals surface area (Å²) in [7, 11) is -3.29. The molecule has 4 heterocycles. The van der Waals surface area contributed by atoms with Crippen LogP contribution in [-0.4, -0.2) is 69.4 Å². The smallest absolute Gasteiger partial charge is 0.255 e. The minimum atomic E-state index is -3.29. The molecule has 0 radical (unpaired) electrons. The van der Waals surface area contributed by atoms with Crippen molar-refractivity contribution in [3.05, 3.63) is 66.4 Å². The van der Waals surface area contributed by atoms with Crippen molar-refractivity contribution in [2.24, 2.45) is 0 Å². The summed E-state index contributed by atoms with van der Waals surface area (Å²) in [6.45, 7) is 2.93. The van der Waals surface area contributed by atoms with Gasteiger partial charge in [-0.25, -0.2) is 23.1 Å². The van der Waals surface area contributed by atoms with Crippen LogP contribution in [0.5, 0.6) is 5.88 Å². The first-order chi connectivity index (χ1) is 16.8. The minimum Gasteiger partial charge on any atom is -0.472 e. The van der Waals surface area contributed by atoms with E-state index < -0.39 is 9.84 Å². The molecule has 1 saturated heterocycles. The number of hydrogen-bond acceptors (Lipinski definition) is 8. The maximum absolute atomic E-state index is 13.0. The summed E-state index contributed by atoms with van der Waals surface area (Å²) >= 11 is 0. The molecule has 4 aromatic rings. The van der Waals surface area contributed by atoms with Gasteiger partial charge >= 0.3 is 0 Å². The van der Waals surface area contributed by atoms with Crippen LogP contribution in [0.4, 0.5) is 0 Å². The Balaban J connectivity index is 1.37. The van der Waals surface area contributed by atoms with E-state index in [0.717, 1.165) is 12.8 Å². The number of ether oxygens (including phenoxy) is 1. The summed E-state index contributed by atoms with van der Waals surface area (Å²) in [4.78, 5) is 28.0. The van der Waals surface area contributed by atoms with Gasteiger partial charge in [-0.3, -0.25) is 9.78 Å². The molecule has 0 aliphatic carbocycles. The zero-order valence-corrected chi connectivity index (χ0v) is 20.1. The van der Waals surface area contributed by atoms with E-state index in [0.29, 0.717) is 46.9 Å². The number of fused-ring (bicyclic) bond motifs is 1. The van der Waals surface area contributed by atoms with Gasteiger partial charge in [0, 0.05) is 24.7 Å². The average Bonchev–Trinajstić information content (AvgIpc) is 3.29. The second-order valence-electron chi connectivity index (χ2n) is 8.51. The second-order valence-corrected chi connectivity index (χ2v) is 10.5. The highest BCUT2D eigenvalue weighted by molar-refractivity contribution is 7.90. The number of carbonyl (C=O) groups is 1. The summed E-state index contributed by atoms with van der Waals surface area (Å²) in [5.41, 5.74) is 2.51. The van der Waals surface area contributed by atoms with E-state index in [2.05, 4.69) is 20.1 Å². The number of aryl methyl sites for hydroxylation is 1. The second kappa shape index (κ2) is 9.06. The Bertz CT molecular complexity index is 1500. The van der Waals surface area contributed by atoms with Gasteiger partial charge in [0.25, 0.3) is 5.91 Å². The Morgan fingerprint density at radius 1 is 1.11 bits per heavy atom. The standard InChI is InChI=1S/C24H24N6O4S/c1-16-20(6-3-11-25-16)24(31)29-12-4-5-18(14-29)34-23-21-13-28-30(22(21)26-15-27-23)17-7-9-19(10-8-17)35(2,32)33/h3,6-11,13,15,18H,4-5,12,14H2,1-2H3. The lowest BCUT2D eigenvalue weighted by Crippen LogP contribution is -2.44. The first-order valence-corrected chi connectivity index (χ1v) is 13.1. The van der Waals surface area contributed by atoms with Gasteiger partial charge < -0.3 is 9.64 Å². The van der Waals surface area contributed by atoms with Gasteiger partial charge in [0.1, 0.15) is 17.8 Å². The average molecular weight is 493 g/mol. The number of rotatable bonds is 5. The molecule has 1 atom stereocenters. The van der Waals surface area contributed by atoms with Crippen LogP contribution in [0.1, 0.15) is 28.9 Å². The Hall–Kier alpha value is -3.86. The molecular formula is C24H24N6O4S. The molecule has 3 aromatic heterocycles. The number of benzene rings is 1. The van der Waals surface area contributed by atoms with Crippen molar-refractivity contribution in [1.29, 1.82) is 0 Å². The fourth-order valence-corrected chi connectivity index (χ4v) is 4.83. The van der Waals surface area contributed by atoms with Crippen molar-refractivity contribution in [1.82, 2.24) is 29.6 Å². The van der Waals surface area contributed by atoms with E-state index in [1.807, 2.05) is 6.92 Å². The minimum absolute atomic E-state index is 0.0536. The molecule has 0 N–H and O–H groups in total. The van der Waals surface area contributed by atoms with E-state index >= 15 is 0 Å². The largest absolute Gasteiger partial charge is 0.472 e. The van der Waals surface area contributed by atoms with Crippen LogP contribution in [0, 0.1) is 6.92 Å². The van der Waals surface area contributed by atoms with Crippen molar-refractivity contribution >= 4 is 26.8 Å². The molecule has 0 saturated carbocycles. The monoisotopic (exact) mass is 492 g/mol. The van der Waals surface area contributed by atoms with Crippen molar-refractivity contribution < 1.29 is 17.9 Å². The lowest BCUT2D eigenvalue weighted by molar-refractivity contribution is 0.0530. The number of piperidine rings is 1. The van der Waals surface area contributed by atoms with E-state index in [-0.39, 0.29) is 16.9 Å². The van der Waals surface area contributed by atoms with Gasteiger partial charge in [0.15, 0.2) is 15.5 Å². The van der Waals surface area contributed by atoms with Gasteiger partial charge in [-0.1, -0.05) is 0 Å². The molecule has 1 aliphatic heterocycles. The maximum atomic E-state index is 13.0. The first-order valence-electron chi connectivity index (χ1n) is 11.2. The van der Waals surface area contributed by atoms with Gasteiger partial charge in [0.2, 0.25) is 5.88 Å². The first kappa shape index (κ1) is 22.9. The number of hydrogen-bond donors (Lipinski definition) is 0. The molecule has 11 heteroatoms. The van der Waals surface area contributed by atoms with Crippen molar-refractivity contribution in [2.45, 2.75) is 30.8 Å². The molecule has 180 valence electrons. The van der Waals surface area contributed by atoms with E-state index in [4.69, 9.17) is 4.74 Å². The highest BCUT2D eigenvalue weighted by Gasteiger charge is 2.27. The van der Waals surface area contributed by atoms with Crippen molar-refractivity contribution in [2.75, 3.05) is 19.3 Å². The topological polar surface area (TPSA) is 120 Å². The van der Waals surface area contributed by atoms with Crippen LogP contribution < -0.4 is 4.74 Å². The summed E-state index contributed by atoms with van der Waals surface area (Å²) in [5.74, 6) is 0.341. The molecule has 10 nitrogen and oxygen atoms in total. The predicted molar refractivity (Wildman–Crippen MR) is 128 cm³/mol. The Kier molecular flexibility index (Phi) is 5.93. The number of likely N-dealkylation sites (tertiary alicyclic amines) is 1. The SMILES string of the molecule is Cc1ncccc1C(=O)N1CCCC(Oc2ncnc3c2cnn3-c2ccc(S(C)(=O)=O)cc2)C1. The fourth-order valence-electron chi connectivity index (χ4n) is 4.20. The van der Waals surface area contributed by atoms with Gasteiger partial charge in [-0.15, -0.1) is 0 Å². The molecule has 5 rings (SSSR count). The third-order valence-electron chi connectivity index (χ3n) is 6.02. The molecular weight excluding hydrogens is 468 g/mol. The predicted octanol–water partition coefficient (Wildman–Crippen LogP) is 2.61. The Morgan fingerprint density at radius 3 is 2.66 bits per heavy atom. The van der Waals surface area contributed by atoms with E-state index in [9.17, 15) is 13.2 Å². The summed E-state index contributed by atoms with van der Waals surface area (Å²) < 4.78 is 31.3. The fraction of sp³-hybridized carbons (Fsp3) is 0.292. The number of aromatic nitrogens is 5. The third kappa shape index (κ3) is 4.59. The van der Waals surface area contributed by atoms with E-state index in [1.54, 1.807) is 46.2 Å². The van der Waals surface area contributed by atoms with Crippen LogP contribution in [-0.2, 0) is 9.84 Å². The Labute approximate surface area is 202 Å². The van der Waals surface area contributed by atoms with Crippen LogP contribution >= 0.6 is 0 Å². The van der Waals surface area contributed by atoms with Crippen LogP contribution in [0.25, 0.3) is 16.7 Å². The Morgan fingerprint density at radius 2 is 1.91 bits per heavy atom. The van der Waals surface area contributed by atoms with Gasteiger partial charge in [-0.2, -0.15) is 5.10 Å². The molecule has 0 bridgehead atoms. The highest BCUT2D eigenvalue weighted by Crippen LogP contribution is 2.27. The third-order valence-corrected chi connectivity index (χ3v) is 7.15. The molecule has 1 aromatic carbocycles. The zero-order chi connectivity index (χ0) is 24.6. The molecule has 1 aliphatic rings. The molecule has 0 spiro atoms. The number of pyridine rings is 1. The summed E-state index contributed by atoms with van der Waals surface area (Å²) in [6.07, 6.45) is 7.26. The quantitative estimate of drug-likeness (QED) is 0.417. The van der Waals surface area contributed by atoms with Gasteiger partial charge in [0.05, 0.1) is 28.9 Å². The molecule has 35 heavy (non-hydrogen) atoms.